The molecule has 1 amide bonds. The van der Waals surface area contributed by atoms with Crippen LogP contribution in [0.25, 0.3) is 0 Å². The van der Waals surface area contributed by atoms with Crippen molar-refractivity contribution in [2.45, 2.75) is 12.8 Å². The maximum atomic E-state index is 12.1. The molecule has 1 fully saturated rings. The number of benzene rings is 1. The van der Waals surface area contributed by atoms with E-state index in [9.17, 15) is 9.59 Å². The number of fused-ring (bicyclic) bond motifs is 1. The van der Waals surface area contributed by atoms with Gasteiger partial charge in [-0.05, 0) is 36.5 Å². The highest BCUT2D eigenvalue weighted by molar-refractivity contribution is 9.09. The van der Waals surface area contributed by atoms with Crippen molar-refractivity contribution in [1.29, 1.82) is 0 Å². The Morgan fingerprint density at radius 1 is 1.37 bits per heavy atom. The van der Waals surface area contributed by atoms with Gasteiger partial charge in [-0.15, -0.1) is 0 Å². The lowest BCUT2D eigenvalue weighted by Gasteiger charge is -2.22. The number of methoxy groups -OCH3 is 1. The number of carbonyl (C=O) groups is 2. The van der Waals surface area contributed by atoms with E-state index in [1.165, 1.54) is 0 Å². The first-order valence-electron chi connectivity index (χ1n) is 6.20. The predicted molar refractivity (Wildman–Crippen MR) is 75.1 cm³/mol. The number of hydrogen-bond acceptors (Lipinski definition) is 3. The number of carbonyl (C=O) groups excluding carboxylic acids is 2. The molecule has 4 nitrogen and oxygen atoms in total. The smallest absolute Gasteiger partial charge is 0.299 e. The number of hydrogen-bond donors (Lipinski definition) is 0. The molecule has 1 aromatic carbocycles. The van der Waals surface area contributed by atoms with E-state index in [0.29, 0.717) is 23.5 Å². The second-order valence-corrected chi connectivity index (χ2v) is 5.80. The number of nitrogens with zero attached hydrogens (tertiary/aromatic N) is 1. The van der Waals surface area contributed by atoms with Gasteiger partial charge in [-0.2, -0.15) is 0 Å². The Morgan fingerprint density at radius 2 is 2.11 bits per heavy atom. The third-order valence-corrected chi connectivity index (χ3v) is 5.10. The molecule has 0 spiro atoms. The molecule has 0 unspecified atom stereocenters. The van der Waals surface area contributed by atoms with Crippen LogP contribution in [0.5, 0.6) is 5.75 Å². The van der Waals surface area contributed by atoms with Crippen LogP contribution in [-0.4, -0.2) is 30.7 Å². The summed E-state index contributed by atoms with van der Waals surface area (Å²) >= 11 is 3.50. The molecule has 0 radical (unpaired) electrons. The molecule has 0 aromatic heterocycles. The van der Waals surface area contributed by atoms with Crippen molar-refractivity contribution in [2.75, 3.05) is 23.9 Å². The lowest BCUT2D eigenvalue weighted by atomic mass is 10.1. The Kier molecular flexibility index (Phi) is 2.89. The molecule has 0 saturated heterocycles. The van der Waals surface area contributed by atoms with Crippen LogP contribution in [0.1, 0.15) is 23.2 Å². The van der Waals surface area contributed by atoms with Gasteiger partial charge >= 0.3 is 0 Å². The molecule has 5 heteroatoms. The first-order valence-corrected chi connectivity index (χ1v) is 7.33. The van der Waals surface area contributed by atoms with Crippen molar-refractivity contribution in [3.63, 3.8) is 0 Å². The highest BCUT2D eigenvalue weighted by Gasteiger charge is 2.47. The van der Waals surface area contributed by atoms with E-state index in [-0.39, 0.29) is 5.41 Å². The molecule has 1 aromatic rings. The first kappa shape index (κ1) is 12.7. The van der Waals surface area contributed by atoms with Gasteiger partial charge in [-0.3, -0.25) is 9.59 Å². The van der Waals surface area contributed by atoms with E-state index in [1.807, 2.05) is 0 Å². The molecule has 1 aliphatic carbocycles. The molecule has 2 aliphatic rings. The summed E-state index contributed by atoms with van der Waals surface area (Å²) in [6.45, 7) is 0.613. The Bertz CT molecular complexity index is 566. The van der Waals surface area contributed by atoms with Crippen LogP contribution in [0.4, 0.5) is 5.69 Å². The molecule has 0 N–H and O–H groups in total. The van der Waals surface area contributed by atoms with E-state index < -0.39 is 11.7 Å². The second kappa shape index (κ2) is 4.34. The minimum Gasteiger partial charge on any atom is -0.497 e. The van der Waals surface area contributed by atoms with Crippen molar-refractivity contribution in [3.05, 3.63) is 23.8 Å². The fraction of sp³-hybridized carbons (Fsp3) is 0.429. The van der Waals surface area contributed by atoms with E-state index in [4.69, 9.17) is 4.74 Å². The lowest BCUT2D eigenvalue weighted by molar-refractivity contribution is -0.114. The largest absolute Gasteiger partial charge is 0.497 e. The van der Waals surface area contributed by atoms with E-state index in [1.54, 1.807) is 30.2 Å². The summed E-state index contributed by atoms with van der Waals surface area (Å²) in [5, 5.41) is 0.865. The van der Waals surface area contributed by atoms with Crippen molar-refractivity contribution in [3.8, 4) is 5.75 Å². The average molecular weight is 324 g/mol. The normalized spacial score (nSPS) is 19.6. The minimum atomic E-state index is -0.431. The Morgan fingerprint density at radius 3 is 2.68 bits per heavy atom. The number of anilines is 1. The monoisotopic (exact) mass is 323 g/mol. The standard InChI is InChI=1S/C14H14BrNO3/c1-19-9-2-3-11-10(6-9)12(17)13(18)16(11)8-14(7-15)4-5-14/h2-3,6H,4-5,7-8H2,1H3. The fourth-order valence-corrected chi connectivity index (χ4v) is 3.15. The summed E-state index contributed by atoms with van der Waals surface area (Å²) in [4.78, 5) is 25.7. The number of ether oxygens (including phenoxy) is 1. The van der Waals surface area contributed by atoms with Gasteiger partial charge in [0.1, 0.15) is 5.75 Å². The summed E-state index contributed by atoms with van der Waals surface area (Å²) in [5.41, 5.74) is 1.31. The molecule has 19 heavy (non-hydrogen) atoms. The van der Waals surface area contributed by atoms with Gasteiger partial charge in [-0.1, -0.05) is 15.9 Å². The highest BCUT2D eigenvalue weighted by atomic mass is 79.9. The third-order valence-electron chi connectivity index (χ3n) is 3.91. The van der Waals surface area contributed by atoms with Gasteiger partial charge in [-0.25, -0.2) is 0 Å². The Labute approximate surface area is 119 Å². The van der Waals surface area contributed by atoms with E-state index >= 15 is 0 Å². The molecule has 0 atom stereocenters. The first-order chi connectivity index (χ1) is 9.10. The van der Waals surface area contributed by atoms with Crippen LogP contribution < -0.4 is 9.64 Å². The molecule has 3 rings (SSSR count). The SMILES string of the molecule is COc1ccc2c(c1)C(=O)C(=O)N2CC1(CBr)CC1. The van der Waals surface area contributed by atoms with Crippen LogP contribution in [0.15, 0.2) is 18.2 Å². The maximum absolute atomic E-state index is 12.1. The number of amides is 1. The quantitative estimate of drug-likeness (QED) is 0.631. The molecular formula is C14H14BrNO3. The highest BCUT2D eigenvalue weighted by Crippen LogP contribution is 2.49. The molecule has 1 heterocycles. The van der Waals surface area contributed by atoms with Crippen molar-refractivity contribution in [1.82, 2.24) is 0 Å². The van der Waals surface area contributed by atoms with Gasteiger partial charge in [0, 0.05) is 11.9 Å². The van der Waals surface area contributed by atoms with Crippen LogP contribution in [-0.2, 0) is 4.79 Å². The fourth-order valence-electron chi connectivity index (χ4n) is 2.41. The lowest BCUT2D eigenvalue weighted by Crippen LogP contribution is -2.35. The Balaban J connectivity index is 1.96. The third kappa shape index (κ3) is 1.96. The summed E-state index contributed by atoms with van der Waals surface area (Å²) in [6, 6.07) is 5.22. The second-order valence-electron chi connectivity index (χ2n) is 5.24. The van der Waals surface area contributed by atoms with Gasteiger partial charge in [0.05, 0.1) is 18.4 Å². The molecule has 100 valence electrons. The van der Waals surface area contributed by atoms with E-state index in [2.05, 4.69) is 15.9 Å². The molecule has 1 aliphatic heterocycles. The van der Waals surface area contributed by atoms with Crippen molar-refractivity contribution < 1.29 is 14.3 Å². The van der Waals surface area contributed by atoms with Crippen molar-refractivity contribution in [2.24, 2.45) is 5.41 Å². The minimum absolute atomic E-state index is 0.150. The number of alkyl halides is 1. The Hall–Kier alpha value is -1.36. The van der Waals surface area contributed by atoms with Crippen LogP contribution in [0.2, 0.25) is 0 Å². The van der Waals surface area contributed by atoms with Gasteiger partial charge in [0.2, 0.25) is 0 Å². The predicted octanol–water partition coefficient (Wildman–Crippen LogP) is 2.40. The molecule has 0 bridgehead atoms. The van der Waals surface area contributed by atoms with Crippen LogP contribution in [0, 0.1) is 5.41 Å². The number of rotatable bonds is 4. The zero-order valence-electron chi connectivity index (χ0n) is 10.6. The maximum Gasteiger partial charge on any atom is 0.299 e. The number of ketones is 1. The summed E-state index contributed by atoms with van der Waals surface area (Å²) in [6.07, 6.45) is 2.20. The summed E-state index contributed by atoms with van der Waals surface area (Å²) in [5.74, 6) is -0.252. The topological polar surface area (TPSA) is 46.6 Å². The zero-order valence-corrected chi connectivity index (χ0v) is 12.2. The van der Waals surface area contributed by atoms with Gasteiger partial charge in [0.15, 0.2) is 0 Å². The number of halogens is 1. The summed E-state index contributed by atoms with van der Waals surface area (Å²) in [7, 11) is 1.55. The average Bonchev–Trinajstić information content (AvgIpc) is 3.18. The molecule has 1 saturated carbocycles. The molecular weight excluding hydrogens is 310 g/mol. The van der Waals surface area contributed by atoms with Crippen LogP contribution in [0.3, 0.4) is 0 Å². The van der Waals surface area contributed by atoms with Gasteiger partial charge < -0.3 is 9.64 Å². The van der Waals surface area contributed by atoms with E-state index in [0.717, 1.165) is 18.2 Å². The van der Waals surface area contributed by atoms with Crippen LogP contribution >= 0.6 is 15.9 Å². The summed E-state index contributed by atoms with van der Waals surface area (Å²) < 4.78 is 5.10. The van der Waals surface area contributed by atoms with Crippen molar-refractivity contribution >= 4 is 33.3 Å². The van der Waals surface area contributed by atoms with Gasteiger partial charge in [0.25, 0.3) is 11.7 Å². The zero-order chi connectivity index (χ0) is 13.6. The number of Topliss-reactive ketones (excluding diaryl/α,β-unsaturated/α-hetero) is 1.